The Bertz CT molecular complexity index is 683. The third kappa shape index (κ3) is 4.61. The van der Waals surface area contributed by atoms with Gasteiger partial charge in [-0.15, -0.1) is 11.3 Å². The molecule has 0 spiro atoms. The Hall–Kier alpha value is -2.28. The summed E-state index contributed by atoms with van der Waals surface area (Å²) >= 11 is 1.64. The number of nitrogens with zero attached hydrogens (tertiary/aromatic N) is 4. The minimum atomic E-state index is 0.646. The van der Waals surface area contributed by atoms with Crippen molar-refractivity contribution in [3.8, 4) is 5.75 Å². The first-order chi connectivity index (χ1) is 11.5. The summed E-state index contributed by atoms with van der Waals surface area (Å²) < 4.78 is 5.41. The SMILES string of the molecule is CN=C(NCc1csc(N(C)C)n1)N(C)Cc1ccccc1OC. The Labute approximate surface area is 147 Å². The van der Waals surface area contributed by atoms with Gasteiger partial charge in [0.05, 0.1) is 19.3 Å². The van der Waals surface area contributed by atoms with E-state index in [1.807, 2.05) is 44.2 Å². The molecule has 1 N–H and O–H groups in total. The van der Waals surface area contributed by atoms with Gasteiger partial charge in [0.25, 0.3) is 0 Å². The lowest BCUT2D eigenvalue weighted by Gasteiger charge is -2.22. The summed E-state index contributed by atoms with van der Waals surface area (Å²) in [5, 5.41) is 6.43. The lowest BCUT2D eigenvalue weighted by atomic mass is 10.2. The van der Waals surface area contributed by atoms with Crippen LogP contribution in [0.15, 0.2) is 34.6 Å². The normalized spacial score (nSPS) is 11.3. The van der Waals surface area contributed by atoms with E-state index in [0.29, 0.717) is 13.1 Å². The molecule has 0 saturated carbocycles. The van der Waals surface area contributed by atoms with Crippen molar-refractivity contribution in [2.75, 3.05) is 40.2 Å². The molecule has 0 radical (unpaired) electrons. The monoisotopic (exact) mass is 347 g/mol. The first-order valence-corrected chi connectivity index (χ1v) is 8.58. The molecular formula is C17H25N5OS. The zero-order valence-electron chi connectivity index (χ0n) is 14.9. The number of guanidine groups is 1. The molecule has 0 unspecified atom stereocenters. The molecule has 0 saturated heterocycles. The molecule has 0 aliphatic heterocycles. The Morgan fingerprint density at radius 2 is 2.04 bits per heavy atom. The number of benzene rings is 1. The minimum Gasteiger partial charge on any atom is -0.496 e. The van der Waals surface area contributed by atoms with E-state index in [1.54, 1.807) is 25.5 Å². The molecule has 0 aliphatic carbocycles. The van der Waals surface area contributed by atoms with Crippen LogP contribution in [0.1, 0.15) is 11.3 Å². The highest BCUT2D eigenvalue weighted by Crippen LogP contribution is 2.19. The zero-order valence-corrected chi connectivity index (χ0v) is 15.7. The fourth-order valence-corrected chi connectivity index (χ4v) is 3.06. The smallest absolute Gasteiger partial charge is 0.194 e. The van der Waals surface area contributed by atoms with Gasteiger partial charge in [0.15, 0.2) is 11.1 Å². The molecule has 0 atom stereocenters. The summed E-state index contributed by atoms with van der Waals surface area (Å²) in [4.78, 5) is 13.0. The van der Waals surface area contributed by atoms with Gasteiger partial charge in [-0.1, -0.05) is 18.2 Å². The standard InChI is InChI=1S/C17H25N5OS/c1-18-16(19-10-14-12-24-17(20-14)21(2)3)22(4)11-13-8-6-7-9-15(13)23-5/h6-9,12H,10-11H2,1-5H3,(H,18,19). The van der Waals surface area contributed by atoms with Crippen LogP contribution in [0.5, 0.6) is 5.75 Å². The van der Waals surface area contributed by atoms with Gasteiger partial charge in [-0.3, -0.25) is 4.99 Å². The summed E-state index contributed by atoms with van der Waals surface area (Å²) in [6.45, 7) is 1.36. The molecule has 7 heteroatoms. The van der Waals surface area contributed by atoms with E-state index >= 15 is 0 Å². The summed E-state index contributed by atoms with van der Waals surface area (Å²) in [7, 11) is 9.48. The van der Waals surface area contributed by atoms with E-state index in [9.17, 15) is 0 Å². The average Bonchev–Trinajstić information content (AvgIpc) is 3.05. The summed E-state index contributed by atoms with van der Waals surface area (Å²) in [6.07, 6.45) is 0. The third-order valence-corrected chi connectivity index (χ3v) is 4.58. The van der Waals surface area contributed by atoms with Gasteiger partial charge in [0, 0.05) is 45.7 Å². The van der Waals surface area contributed by atoms with Gasteiger partial charge in [-0.25, -0.2) is 4.98 Å². The molecule has 1 aromatic heterocycles. The number of aliphatic imine (C=N–C) groups is 1. The maximum absolute atomic E-state index is 5.41. The van der Waals surface area contributed by atoms with E-state index < -0.39 is 0 Å². The van der Waals surface area contributed by atoms with Crippen molar-refractivity contribution in [1.82, 2.24) is 15.2 Å². The quantitative estimate of drug-likeness (QED) is 0.642. The number of thiazole rings is 1. The maximum Gasteiger partial charge on any atom is 0.194 e. The van der Waals surface area contributed by atoms with E-state index in [2.05, 4.69) is 31.6 Å². The molecule has 6 nitrogen and oxygen atoms in total. The van der Waals surface area contributed by atoms with Crippen LogP contribution in [0, 0.1) is 0 Å². The predicted molar refractivity (Wildman–Crippen MR) is 101 cm³/mol. The molecule has 130 valence electrons. The number of rotatable bonds is 6. The minimum absolute atomic E-state index is 0.646. The Kier molecular flexibility index (Phi) is 6.43. The van der Waals surface area contributed by atoms with Gasteiger partial charge in [0.1, 0.15) is 5.75 Å². The Morgan fingerprint density at radius 1 is 1.29 bits per heavy atom. The maximum atomic E-state index is 5.41. The first kappa shape index (κ1) is 18.1. The largest absolute Gasteiger partial charge is 0.496 e. The second-order valence-corrected chi connectivity index (χ2v) is 6.42. The summed E-state index contributed by atoms with van der Waals surface area (Å²) in [5.74, 6) is 1.70. The molecule has 1 aromatic carbocycles. The van der Waals surface area contributed by atoms with Crippen LogP contribution in [0.25, 0.3) is 0 Å². The van der Waals surface area contributed by atoms with Crippen LogP contribution in [-0.4, -0.2) is 51.1 Å². The Morgan fingerprint density at radius 3 is 2.67 bits per heavy atom. The van der Waals surface area contributed by atoms with E-state index in [0.717, 1.165) is 28.1 Å². The molecule has 0 aliphatic rings. The average molecular weight is 347 g/mol. The predicted octanol–water partition coefficient (Wildman–Crippen LogP) is 2.43. The van der Waals surface area contributed by atoms with E-state index in [1.165, 1.54) is 0 Å². The van der Waals surface area contributed by atoms with Crippen LogP contribution in [-0.2, 0) is 13.1 Å². The van der Waals surface area contributed by atoms with Gasteiger partial charge in [-0.2, -0.15) is 0 Å². The number of hydrogen-bond donors (Lipinski definition) is 1. The molecule has 1 heterocycles. The van der Waals surface area contributed by atoms with Crippen LogP contribution >= 0.6 is 11.3 Å². The number of anilines is 1. The van der Waals surface area contributed by atoms with Crippen molar-refractivity contribution in [3.05, 3.63) is 40.9 Å². The number of hydrogen-bond acceptors (Lipinski definition) is 5. The highest BCUT2D eigenvalue weighted by molar-refractivity contribution is 7.13. The van der Waals surface area contributed by atoms with Crippen molar-refractivity contribution in [2.24, 2.45) is 4.99 Å². The molecule has 2 aromatic rings. The molecule has 2 rings (SSSR count). The van der Waals surface area contributed by atoms with Crippen LogP contribution < -0.4 is 15.0 Å². The topological polar surface area (TPSA) is 53.0 Å². The molecule has 0 bridgehead atoms. The van der Waals surface area contributed by atoms with Gasteiger partial charge in [-0.05, 0) is 6.07 Å². The van der Waals surface area contributed by atoms with Crippen LogP contribution in [0.4, 0.5) is 5.13 Å². The molecular weight excluding hydrogens is 322 g/mol. The molecule has 24 heavy (non-hydrogen) atoms. The van der Waals surface area contributed by atoms with Crippen molar-refractivity contribution in [1.29, 1.82) is 0 Å². The fourth-order valence-electron chi connectivity index (χ4n) is 2.30. The van der Waals surface area contributed by atoms with Crippen LogP contribution in [0.3, 0.4) is 0 Å². The lowest BCUT2D eigenvalue weighted by molar-refractivity contribution is 0.396. The highest BCUT2D eigenvalue weighted by Gasteiger charge is 2.11. The highest BCUT2D eigenvalue weighted by atomic mass is 32.1. The fraction of sp³-hybridized carbons (Fsp3) is 0.412. The van der Waals surface area contributed by atoms with Crippen molar-refractivity contribution in [2.45, 2.75) is 13.1 Å². The van der Waals surface area contributed by atoms with Crippen LogP contribution in [0.2, 0.25) is 0 Å². The second-order valence-electron chi connectivity index (χ2n) is 5.58. The molecule has 0 amide bonds. The number of ether oxygens (including phenoxy) is 1. The number of aromatic nitrogens is 1. The van der Waals surface area contributed by atoms with Crippen molar-refractivity contribution in [3.63, 3.8) is 0 Å². The third-order valence-electron chi connectivity index (χ3n) is 3.52. The van der Waals surface area contributed by atoms with Gasteiger partial charge in [0.2, 0.25) is 0 Å². The van der Waals surface area contributed by atoms with Gasteiger partial charge >= 0.3 is 0 Å². The second kappa shape index (κ2) is 8.54. The molecule has 0 fully saturated rings. The van der Waals surface area contributed by atoms with Crippen molar-refractivity contribution >= 4 is 22.4 Å². The zero-order chi connectivity index (χ0) is 17.5. The summed E-state index contributed by atoms with van der Waals surface area (Å²) in [5.41, 5.74) is 2.13. The first-order valence-electron chi connectivity index (χ1n) is 7.70. The number of para-hydroxylation sites is 1. The van der Waals surface area contributed by atoms with Crippen molar-refractivity contribution < 1.29 is 4.74 Å². The lowest BCUT2D eigenvalue weighted by Crippen LogP contribution is -2.38. The number of methoxy groups -OCH3 is 1. The Balaban J connectivity index is 1.97. The van der Waals surface area contributed by atoms with E-state index in [4.69, 9.17) is 4.74 Å². The summed E-state index contributed by atoms with van der Waals surface area (Å²) in [6, 6.07) is 8.02. The van der Waals surface area contributed by atoms with E-state index in [-0.39, 0.29) is 0 Å². The van der Waals surface area contributed by atoms with Gasteiger partial charge < -0.3 is 19.9 Å². The number of nitrogens with one attached hydrogen (secondary N) is 1.